The molecule has 2 N–H and O–H groups in total. The van der Waals surface area contributed by atoms with E-state index in [0.29, 0.717) is 24.2 Å². The molecular formula is C17H24ClFN4O2. The number of anilines is 1. The fraction of sp³-hybridized carbons (Fsp3) is 0.471. The SMILES string of the molecule is CNC(C)Cc1noc(-c2ccc(NC(=O)CC(C)C)c(F)c2)n1.Cl. The molecule has 0 aliphatic carbocycles. The van der Waals surface area contributed by atoms with E-state index in [1.54, 1.807) is 6.07 Å². The van der Waals surface area contributed by atoms with E-state index in [9.17, 15) is 9.18 Å². The normalized spacial score (nSPS) is 11.9. The van der Waals surface area contributed by atoms with Crippen molar-refractivity contribution in [3.05, 3.63) is 29.8 Å². The summed E-state index contributed by atoms with van der Waals surface area (Å²) in [4.78, 5) is 16.0. The summed E-state index contributed by atoms with van der Waals surface area (Å²) >= 11 is 0. The summed E-state index contributed by atoms with van der Waals surface area (Å²) in [5.41, 5.74) is 0.623. The molecule has 0 radical (unpaired) electrons. The molecule has 1 aromatic carbocycles. The van der Waals surface area contributed by atoms with Crippen molar-refractivity contribution >= 4 is 24.0 Å². The predicted molar refractivity (Wildman–Crippen MR) is 97.3 cm³/mol. The summed E-state index contributed by atoms with van der Waals surface area (Å²) in [6.45, 7) is 5.87. The van der Waals surface area contributed by atoms with Crippen LogP contribution >= 0.6 is 12.4 Å². The molecule has 0 fully saturated rings. The van der Waals surface area contributed by atoms with Gasteiger partial charge in [0.2, 0.25) is 5.91 Å². The number of halogens is 2. The molecule has 0 bridgehead atoms. The standard InChI is InChI=1S/C17H23FN4O2.ClH/c1-10(2)7-16(23)20-14-6-5-12(9-13(14)18)17-21-15(22-24-17)8-11(3)19-4;/h5-6,9-11,19H,7-8H2,1-4H3,(H,20,23);1H. The van der Waals surface area contributed by atoms with Gasteiger partial charge in [0, 0.05) is 24.4 Å². The number of nitrogens with zero attached hydrogens (tertiary/aromatic N) is 2. The molecule has 0 aliphatic heterocycles. The van der Waals surface area contributed by atoms with Crippen molar-refractivity contribution in [1.29, 1.82) is 0 Å². The number of nitrogens with one attached hydrogen (secondary N) is 2. The zero-order chi connectivity index (χ0) is 17.7. The van der Waals surface area contributed by atoms with Gasteiger partial charge in [-0.25, -0.2) is 4.39 Å². The number of aromatic nitrogens is 2. The predicted octanol–water partition coefficient (Wildman–Crippen LogP) is 3.43. The Kier molecular flexibility index (Phi) is 7.99. The van der Waals surface area contributed by atoms with Crippen molar-refractivity contribution in [1.82, 2.24) is 15.5 Å². The number of hydrogen-bond donors (Lipinski definition) is 2. The van der Waals surface area contributed by atoms with Gasteiger partial charge < -0.3 is 15.2 Å². The van der Waals surface area contributed by atoms with Gasteiger partial charge in [-0.3, -0.25) is 4.79 Å². The number of likely N-dealkylation sites (N-methyl/N-ethyl adjacent to an activating group) is 1. The van der Waals surface area contributed by atoms with Crippen LogP contribution in [0, 0.1) is 11.7 Å². The maximum Gasteiger partial charge on any atom is 0.258 e. The first-order valence-electron chi connectivity index (χ1n) is 7.98. The molecule has 1 amide bonds. The fourth-order valence-corrected chi connectivity index (χ4v) is 2.15. The Morgan fingerprint density at radius 3 is 2.64 bits per heavy atom. The van der Waals surface area contributed by atoms with E-state index in [1.807, 2.05) is 27.8 Å². The molecule has 0 spiro atoms. The molecule has 2 rings (SSSR count). The smallest absolute Gasteiger partial charge is 0.258 e. The van der Waals surface area contributed by atoms with Gasteiger partial charge in [0.15, 0.2) is 5.82 Å². The first-order chi connectivity index (χ1) is 11.4. The minimum Gasteiger partial charge on any atom is -0.334 e. The topological polar surface area (TPSA) is 80.0 Å². The van der Waals surface area contributed by atoms with Crippen LogP contribution in [0.2, 0.25) is 0 Å². The second kappa shape index (κ2) is 9.48. The molecule has 0 saturated carbocycles. The Bertz CT molecular complexity index is 706. The molecule has 0 saturated heterocycles. The molecular weight excluding hydrogens is 347 g/mol. The van der Waals surface area contributed by atoms with Crippen LogP contribution in [0.1, 0.15) is 33.0 Å². The average Bonchev–Trinajstić information content (AvgIpc) is 2.96. The van der Waals surface area contributed by atoms with E-state index in [4.69, 9.17) is 4.52 Å². The Hall–Kier alpha value is -1.99. The molecule has 1 unspecified atom stereocenters. The van der Waals surface area contributed by atoms with Gasteiger partial charge in [-0.1, -0.05) is 19.0 Å². The third-order valence-corrected chi connectivity index (χ3v) is 3.53. The van der Waals surface area contributed by atoms with E-state index >= 15 is 0 Å². The summed E-state index contributed by atoms with van der Waals surface area (Å²) in [6.07, 6.45) is 0.962. The lowest BCUT2D eigenvalue weighted by molar-refractivity contribution is -0.116. The summed E-state index contributed by atoms with van der Waals surface area (Å²) < 4.78 is 19.4. The molecule has 1 aromatic heterocycles. The summed E-state index contributed by atoms with van der Waals surface area (Å²) in [6, 6.07) is 4.64. The molecule has 1 atom stereocenters. The molecule has 25 heavy (non-hydrogen) atoms. The lowest BCUT2D eigenvalue weighted by Gasteiger charge is -2.08. The molecule has 8 heteroatoms. The van der Waals surface area contributed by atoms with Crippen LogP contribution in [0.25, 0.3) is 11.5 Å². The largest absolute Gasteiger partial charge is 0.334 e. The van der Waals surface area contributed by atoms with Gasteiger partial charge in [0.25, 0.3) is 5.89 Å². The highest BCUT2D eigenvalue weighted by Crippen LogP contribution is 2.23. The zero-order valence-corrected chi connectivity index (χ0v) is 15.6. The van der Waals surface area contributed by atoms with Crippen molar-refractivity contribution < 1.29 is 13.7 Å². The van der Waals surface area contributed by atoms with Crippen molar-refractivity contribution in [2.45, 2.75) is 39.7 Å². The zero-order valence-electron chi connectivity index (χ0n) is 14.8. The Labute approximate surface area is 153 Å². The minimum absolute atomic E-state index is 0. The lowest BCUT2D eigenvalue weighted by atomic mass is 10.1. The first-order valence-corrected chi connectivity index (χ1v) is 7.98. The van der Waals surface area contributed by atoms with Crippen LogP contribution < -0.4 is 10.6 Å². The Morgan fingerprint density at radius 1 is 1.32 bits per heavy atom. The fourth-order valence-electron chi connectivity index (χ4n) is 2.15. The van der Waals surface area contributed by atoms with E-state index in [1.165, 1.54) is 12.1 Å². The van der Waals surface area contributed by atoms with Gasteiger partial charge in [0.05, 0.1) is 5.69 Å². The van der Waals surface area contributed by atoms with Crippen molar-refractivity contribution in [2.75, 3.05) is 12.4 Å². The van der Waals surface area contributed by atoms with E-state index in [0.717, 1.165) is 0 Å². The van der Waals surface area contributed by atoms with Crippen molar-refractivity contribution in [3.8, 4) is 11.5 Å². The molecule has 2 aromatic rings. The van der Waals surface area contributed by atoms with E-state index in [-0.39, 0.29) is 41.9 Å². The third-order valence-electron chi connectivity index (χ3n) is 3.53. The molecule has 0 aliphatic rings. The Morgan fingerprint density at radius 2 is 2.04 bits per heavy atom. The number of hydrogen-bond acceptors (Lipinski definition) is 5. The van der Waals surface area contributed by atoms with Crippen LogP contribution in [0.4, 0.5) is 10.1 Å². The quantitative estimate of drug-likeness (QED) is 0.780. The van der Waals surface area contributed by atoms with Crippen LogP contribution in [-0.4, -0.2) is 29.1 Å². The van der Waals surface area contributed by atoms with Crippen LogP contribution in [0.5, 0.6) is 0 Å². The summed E-state index contributed by atoms with van der Waals surface area (Å²) in [5, 5.41) is 9.55. The molecule has 1 heterocycles. The highest BCUT2D eigenvalue weighted by Gasteiger charge is 2.14. The van der Waals surface area contributed by atoms with Crippen molar-refractivity contribution in [2.24, 2.45) is 5.92 Å². The monoisotopic (exact) mass is 370 g/mol. The first kappa shape index (κ1) is 21.1. The number of amides is 1. The lowest BCUT2D eigenvalue weighted by Crippen LogP contribution is -2.24. The van der Waals surface area contributed by atoms with Crippen molar-refractivity contribution in [3.63, 3.8) is 0 Å². The highest BCUT2D eigenvalue weighted by atomic mass is 35.5. The second-order valence-corrected chi connectivity index (χ2v) is 6.25. The van der Waals surface area contributed by atoms with Crippen LogP contribution in [0.15, 0.2) is 22.7 Å². The third kappa shape index (κ3) is 6.10. The number of carbonyl (C=O) groups is 1. The van der Waals surface area contributed by atoms with Gasteiger partial charge in [-0.15, -0.1) is 12.4 Å². The maximum absolute atomic E-state index is 14.2. The van der Waals surface area contributed by atoms with Gasteiger partial charge >= 0.3 is 0 Å². The number of carbonyl (C=O) groups excluding carboxylic acids is 1. The summed E-state index contributed by atoms with van der Waals surface area (Å²) in [5.74, 6) is 0.281. The van der Waals surface area contributed by atoms with Gasteiger partial charge in [-0.2, -0.15) is 4.98 Å². The van der Waals surface area contributed by atoms with Crippen LogP contribution in [-0.2, 0) is 11.2 Å². The minimum atomic E-state index is -0.534. The van der Waals surface area contributed by atoms with E-state index < -0.39 is 5.82 Å². The number of benzene rings is 1. The van der Waals surface area contributed by atoms with E-state index in [2.05, 4.69) is 20.8 Å². The molecule has 6 nitrogen and oxygen atoms in total. The van der Waals surface area contributed by atoms with Gasteiger partial charge in [0.1, 0.15) is 5.82 Å². The average molecular weight is 371 g/mol. The number of rotatable bonds is 7. The highest BCUT2D eigenvalue weighted by molar-refractivity contribution is 5.91. The van der Waals surface area contributed by atoms with Crippen LogP contribution in [0.3, 0.4) is 0 Å². The second-order valence-electron chi connectivity index (χ2n) is 6.25. The maximum atomic E-state index is 14.2. The van der Waals surface area contributed by atoms with Gasteiger partial charge in [-0.05, 0) is 38.1 Å². The summed E-state index contributed by atoms with van der Waals surface area (Å²) in [7, 11) is 1.85. The Balaban J connectivity index is 0.00000312. The molecule has 138 valence electrons.